The predicted octanol–water partition coefficient (Wildman–Crippen LogP) is 1.44. The summed E-state index contributed by atoms with van der Waals surface area (Å²) in [4.78, 5) is 4.51. The molecule has 2 N–H and O–H groups in total. The normalized spacial score (nSPS) is 33.2. The number of rotatable bonds is 3. The molecule has 0 spiro atoms. The van der Waals surface area contributed by atoms with Crippen LogP contribution >= 0.6 is 0 Å². The topological polar surface area (TPSA) is 53.6 Å². The Labute approximate surface area is 96.2 Å². The van der Waals surface area contributed by atoms with Gasteiger partial charge in [0.2, 0.25) is 0 Å². The minimum Gasteiger partial charge on any atom is -0.311 e. The summed E-state index contributed by atoms with van der Waals surface area (Å²) in [5.41, 5.74) is 0. The van der Waals surface area contributed by atoms with Gasteiger partial charge in [-0.15, -0.1) is 0 Å². The van der Waals surface area contributed by atoms with Crippen LogP contribution in [0.5, 0.6) is 0 Å². The summed E-state index contributed by atoms with van der Waals surface area (Å²) in [5.74, 6) is 2.84. The Morgan fingerprint density at radius 2 is 2.00 bits per heavy atom. The highest BCUT2D eigenvalue weighted by Crippen LogP contribution is 2.32. The number of aromatic nitrogens is 3. The minimum atomic E-state index is 0.775. The summed E-state index contributed by atoms with van der Waals surface area (Å²) >= 11 is 0. The quantitative estimate of drug-likeness (QED) is 0.810. The number of aryl methyl sites for hydroxylation is 1. The molecule has 2 fully saturated rings. The lowest BCUT2D eigenvalue weighted by molar-refractivity contribution is 0.295. The molecular formula is C12H20N4. The number of nitrogens with one attached hydrogen (secondary N) is 2. The maximum atomic E-state index is 4.51. The van der Waals surface area contributed by atoms with E-state index in [1.54, 1.807) is 0 Å². The average Bonchev–Trinajstić information content (AvgIpc) is 2.86. The minimum absolute atomic E-state index is 0.775. The molecule has 2 atom stereocenters. The van der Waals surface area contributed by atoms with Crippen molar-refractivity contribution in [2.24, 2.45) is 5.92 Å². The van der Waals surface area contributed by atoms with Gasteiger partial charge in [-0.1, -0.05) is 6.92 Å². The highest BCUT2D eigenvalue weighted by molar-refractivity contribution is 4.97. The second-order valence-corrected chi connectivity index (χ2v) is 5.23. The first-order valence-electron chi connectivity index (χ1n) is 6.49. The fourth-order valence-electron chi connectivity index (χ4n) is 3.20. The Morgan fingerprint density at radius 3 is 2.62 bits per heavy atom. The first-order valence-corrected chi connectivity index (χ1v) is 6.49. The maximum absolute atomic E-state index is 4.51. The summed E-state index contributed by atoms with van der Waals surface area (Å²) in [6, 6.07) is 1.55. The third-order valence-corrected chi connectivity index (χ3v) is 3.95. The van der Waals surface area contributed by atoms with E-state index in [1.165, 1.54) is 25.7 Å². The Morgan fingerprint density at radius 1 is 1.25 bits per heavy atom. The van der Waals surface area contributed by atoms with Gasteiger partial charge in [-0.25, -0.2) is 4.98 Å². The van der Waals surface area contributed by atoms with E-state index in [4.69, 9.17) is 0 Å². The standard InChI is InChI=1S/C12H20N4/c1-2-11-14-12(16-15-11)7-8-5-9-3-4-10(6-8)13-9/h8-10,13H,2-7H2,1H3,(H,14,15,16). The van der Waals surface area contributed by atoms with E-state index < -0.39 is 0 Å². The summed E-state index contributed by atoms with van der Waals surface area (Å²) in [7, 11) is 0. The molecule has 2 aliphatic heterocycles. The number of fused-ring (bicyclic) bond motifs is 2. The van der Waals surface area contributed by atoms with Crippen molar-refractivity contribution >= 4 is 0 Å². The van der Waals surface area contributed by atoms with Crippen molar-refractivity contribution < 1.29 is 0 Å². The molecule has 2 aliphatic rings. The van der Waals surface area contributed by atoms with Crippen molar-refractivity contribution in [1.29, 1.82) is 0 Å². The molecule has 1 aromatic heterocycles. The van der Waals surface area contributed by atoms with Crippen molar-refractivity contribution in [1.82, 2.24) is 20.5 Å². The highest BCUT2D eigenvalue weighted by Gasteiger charge is 2.33. The van der Waals surface area contributed by atoms with E-state index in [9.17, 15) is 0 Å². The fourth-order valence-corrected chi connectivity index (χ4v) is 3.20. The average molecular weight is 220 g/mol. The second-order valence-electron chi connectivity index (χ2n) is 5.23. The SMILES string of the molecule is CCc1n[nH]c(CC2CC3CCC(C2)N3)n1. The summed E-state index contributed by atoms with van der Waals surface area (Å²) < 4.78 is 0. The van der Waals surface area contributed by atoms with Crippen LogP contribution in [0.2, 0.25) is 0 Å². The predicted molar refractivity (Wildman–Crippen MR) is 62.1 cm³/mol. The Balaban J connectivity index is 1.62. The zero-order valence-corrected chi connectivity index (χ0v) is 9.87. The van der Waals surface area contributed by atoms with Crippen LogP contribution in [0.15, 0.2) is 0 Å². The van der Waals surface area contributed by atoms with Crippen molar-refractivity contribution in [3.63, 3.8) is 0 Å². The van der Waals surface area contributed by atoms with E-state index in [2.05, 4.69) is 27.4 Å². The molecule has 4 heteroatoms. The molecule has 4 nitrogen and oxygen atoms in total. The van der Waals surface area contributed by atoms with Crippen LogP contribution in [0.3, 0.4) is 0 Å². The number of H-pyrrole nitrogens is 1. The lowest BCUT2D eigenvalue weighted by Gasteiger charge is -2.28. The van der Waals surface area contributed by atoms with Gasteiger partial charge in [0.05, 0.1) is 0 Å². The van der Waals surface area contributed by atoms with Crippen molar-refractivity contribution in [3.05, 3.63) is 11.6 Å². The van der Waals surface area contributed by atoms with Crippen LogP contribution in [-0.2, 0) is 12.8 Å². The number of hydrogen-bond donors (Lipinski definition) is 2. The van der Waals surface area contributed by atoms with Crippen LogP contribution in [0.1, 0.15) is 44.3 Å². The molecular weight excluding hydrogens is 200 g/mol. The molecule has 2 unspecified atom stereocenters. The lowest BCUT2D eigenvalue weighted by atomic mass is 9.89. The molecule has 1 aromatic rings. The van der Waals surface area contributed by atoms with Crippen LogP contribution in [0, 0.1) is 5.92 Å². The second kappa shape index (κ2) is 4.17. The van der Waals surface area contributed by atoms with E-state index in [-0.39, 0.29) is 0 Å². The molecule has 0 saturated carbocycles. The zero-order valence-electron chi connectivity index (χ0n) is 9.87. The largest absolute Gasteiger partial charge is 0.311 e. The molecule has 2 bridgehead atoms. The highest BCUT2D eigenvalue weighted by atomic mass is 15.2. The number of piperidine rings is 1. The molecule has 3 rings (SSSR count). The number of aromatic amines is 1. The molecule has 0 radical (unpaired) electrons. The monoisotopic (exact) mass is 220 g/mol. The Kier molecular flexibility index (Phi) is 2.67. The van der Waals surface area contributed by atoms with Gasteiger partial charge in [-0.3, -0.25) is 5.10 Å². The first kappa shape index (κ1) is 10.3. The van der Waals surface area contributed by atoms with Gasteiger partial charge in [0.15, 0.2) is 0 Å². The summed E-state index contributed by atoms with van der Waals surface area (Å²) in [5, 5.41) is 11.0. The number of nitrogens with zero attached hydrogens (tertiary/aromatic N) is 2. The van der Waals surface area contributed by atoms with Crippen LogP contribution in [0.4, 0.5) is 0 Å². The molecule has 3 heterocycles. The first-order chi connectivity index (χ1) is 7.83. The third kappa shape index (κ3) is 1.98. The van der Waals surface area contributed by atoms with Gasteiger partial charge in [0, 0.05) is 24.9 Å². The third-order valence-electron chi connectivity index (χ3n) is 3.95. The van der Waals surface area contributed by atoms with Gasteiger partial charge < -0.3 is 5.32 Å². The Bertz CT molecular complexity index is 348. The van der Waals surface area contributed by atoms with E-state index in [1.807, 2.05) is 0 Å². The van der Waals surface area contributed by atoms with Crippen LogP contribution in [-0.4, -0.2) is 27.3 Å². The molecule has 0 amide bonds. The van der Waals surface area contributed by atoms with Gasteiger partial charge in [0.1, 0.15) is 11.6 Å². The van der Waals surface area contributed by atoms with Gasteiger partial charge >= 0.3 is 0 Å². The molecule has 0 aromatic carbocycles. The van der Waals surface area contributed by atoms with E-state index in [0.29, 0.717) is 0 Å². The fraction of sp³-hybridized carbons (Fsp3) is 0.833. The number of hydrogen-bond acceptors (Lipinski definition) is 3. The van der Waals surface area contributed by atoms with Crippen LogP contribution in [0.25, 0.3) is 0 Å². The summed E-state index contributed by atoms with van der Waals surface area (Å²) in [6.45, 7) is 2.09. The van der Waals surface area contributed by atoms with Gasteiger partial charge in [-0.05, 0) is 31.6 Å². The molecule has 0 aliphatic carbocycles. The molecule has 16 heavy (non-hydrogen) atoms. The van der Waals surface area contributed by atoms with Gasteiger partial charge in [-0.2, -0.15) is 5.10 Å². The molecule has 2 saturated heterocycles. The van der Waals surface area contributed by atoms with E-state index >= 15 is 0 Å². The maximum Gasteiger partial charge on any atom is 0.150 e. The lowest BCUT2D eigenvalue weighted by Crippen LogP contribution is -2.38. The van der Waals surface area contributed by atoms with Crippen molar-refractivity contribution in [3.8, 4) is 0 Å². The van der Waals surface area contributed by atoms with Crippen LogP contribution < -0.4 is 5.32 Å². The smallest absolute Gasteiger partial charge is 0.150 e. The summed E-state index contributed by atoms with van der Waals surface area (Å²) in [6.07, 6.45) is 7.39. The molecule has 88 valence electrons. The Hall–Kier alpha value is -0.900. The zero-order chi connectivity index (χ0) is 11.0. The van der Waals surface area contributed by atoms with Gasteiger partial charge in [0.25, 0.3) is 0 Å². The van der Waals surface area contributed by atoms with E-state index in [0.717, 1.165) is 42.5 Å². The van der Waals surface area contributed by atoms with Crippen molar-refractivity contribution in [2.75, 3.05) is 0 Å². The van der Waals surface area contributed by atoms with Crippen molar-refractivity contribution in [2.45, 2.75) is 57.5 Å².